The zero-order valence-electron chi connectivity index (χ0n) is 16.1. The molecular formula is C21H24FN3O3. The molecule has 0 atom stereocenters. The molecule has 1 aliphatic rings. The molecule has 1 aliphatic heterocycles. The van der Waals surface area contributed by atoms with Crippen molar-refractivity contribution in [1.29, 1.82) is 0 Å². The maximum atomic E-state index is 14.0. The number of likely N-dealkylation sites (N-methyl/N-ethyl adjacent to an activating group) is 1. The second kappa shape index (κ2) is 8.84. The Bertz CT molecular complexity index is 864. The van der Waals surface area contributed by atoms with Crippen molar-refractivity contribution in [3.63, 3.8) is 0 Å². The summed E-state index contributed by atoms with van der Waals surface area (Å²) in [5, 5.41) is 2.77. The Morgan fingerprint density at radius 1 is 1.11 bits per heavy atom. The van der Waals surface area contributed by atoms with Crippen molar-refractivity contribution in [3.05, 3.63) is 59.4 Å². The van der Waals surface area contributed by atoms with E-state index in [9.17, 15) is 14.0 Å². The fraction of sp³-hybridized carbons (Fsp3) is 0.333. The van der Waals surface area contributed by atoms with E-state index in [0.717, 1.165) is 38.4 Å². The lowest BCUT2D eigenvalue weighted by atomic mass is 10.1. The van der Waals surface area contributed by atoms with Gasteiger partial charge in [-0.2, -0.15) is 0 Å². The summed E-state index contributed by atoms with van der Waals surface area (Å²) in [5.74, 6) is -1.65. The van der Waals surface area contributed by atoms with Gasteiger partial charge >= 0.3 is 5.97 Å². The number of piperazine rings is 1. The Balaban J connectivity index is 1.91. The summed E-state index contributed by atoms with van der Waals surface area (Å²) in [7, 11) is 1.30. The molecule has 0 bridgehead atoms. The predicted molar refractivity (Wildman–Crippen MR) is 106 cm³/mol. The highest BCUT2D eigenvalue weighted by molar-refractivity contribution is 6.07. The van der Waals surface area contributed by atoms with Gasteiger partial charge in [0.1, 0.15) is 5.82 Å². The first-order valence-electron chi connectivity index (χ1n) is 9.29. The molecule has 0 aromatic heterocycles. The van der Waals surface area contributed by atoms with Crippen LogP contribution in [0.4, 0.5) is 15.8 Å². The van der Waals surface area contributed by atoms with Crippen LogP contribution in [0.2, 0.25) is 0 Å². The number of carbonyl (C=O) groups is 2. The number of halogens is 1. The molecule has 1 N–H and O–H groups in total. The van der Waals surface area contributed by atoms with Crippen LogP contribution in [-0.4, -0.2) is 56.6 Å². The fourth-order valence-electron chi connectivity index (χ4n) is 3.30. The SMILES string of the molecule is CCN1CCN(c2ccc(C(=O)OC)cc2NC(=O)c2ccccc2F)CC1. The monoisotopic (exact) mass is 385 g/mol. The van der Waals surface area contributed by atoms with Gasteiger partial charge in [-0.15, -0.1) is 0 Å². The van der Waals surface area contributed by atoms with E-state index in [4.69, 9.17) is 4.74 Å². The third kappa shape index (κ3) is 4.31. The molecule has 0 aliphatic carbocycles. The quantitative estimate of drug-likeness (QED) is 0.802. The van der Waals surface area contributed by atoms with Crippen molar-refractivity contribution in [3.8, 4) is 0 Å². The molecule has 1 saturated heterocycles. The number of nitrogens with one attached hydrogen (secondary N) is 1. The van der Waals surface area contributed by atoms with Gasteiger partial charge in [-0.25, -0.2) is 9.18 Å². The fourth-order valence-corrected chi connectivity index (χ4v) is 3.30. The maximum absolute atomic E-state index is 14.0. The van der Waals surface area contributed by atoms with E-state index in [1.807, 2.05) is 0 Å². The van der Waals surface area contributed by atoms with Crippen LogP contribution in [0.25, 0.3) is 0 Å². The number of anilines is 2. The van der Waals surface area contributed by atoms with E-state index in [1.165, 1.54) is 25.3 Å². The summed E-state index contributed by atoms with van der Waals surface area (Å²) in [6, 6.07) is 10.8. The number of nitrogens with zero attached hydrogens (tertiary/aromatic N) is 2. The van der Waals surface area contributed by atoms with Crippen molar-refractivity contribution in [2.45, 2.75) is 6.92 Å². The third-order valence-electron chi connectivity index (χ3n) is 4.94. The molecule has 7 heteroatoms. The van der Waals surface area contributed by atoms with E-state index in [0.29, 0.717) is 11.3 Å². The van der Waals surface area contributed by atoms with Gasteiger partial charge in [-0.1, -0.05) is 19.1 Å². The first-order valence-corrected chi connectivity index (χ1v) is 9.29. The summed E-state index contributed by atoms with van der Waals surface area (Å²) in [5.41, 5.74) is 1.53. The summed E-state index contributed by atoms with van der Waals surface area (Å²) < 4.78 is 18.8. The predicted octanol–water partition coefficient (Wildman–Crippen LogP) is 3.01. The molecule has 3 rings (SSSR count). The average Bonchev–Trinajstić information content (AvgIpc) is 2.73. The summed E-state index contributed by atoms with van der Waals surface area (Å²) >= 11 is 0. The van der Waals surface area contributed by atoms with Gasteiger partial charge in [0.15, 0.2) is 0 Å². The topological polar surface area (TPSA) is 61.9 Å². The largest absolute Gasteiger partial charge is 0.465 e. The third-order valence-corrected chi connectivity index (χ3v) is 4.94. The number of methoxy groups -OCH3 is 1. The summed E-state index contributed by atoms with van der Waals surface area (Å²) in [6.07, 6.45) is 0. The first-order chi connectivity index (χ1) is 13.5. The molecule has 1 fully saturated rings. The van der Waals surface area contributed by atoms with Crippen LogP contribution < -0.4 is 10.2 Å². The van der Waals surface area contributed by atoms with Gasteiger partial charge in [0.25, 0.3) is 5.91 Å². The zero-order chi connectivity index (χ0) is 20.1. The highest BCUT2D eigenvalue weighted by Crippen LogP contribution is 2.29. The number of carbonyl (C=O) groups excluding carboxylic acids is 2. The lowest BCUT2D eigenvalue weighted by molar-refractivity contribution is 0.0600. The van der Waals surface area contributed by atoms with Crippen molar-refractivity contribution >= 4 is 23.3 Å². The van der Waals surface area contributed by atoms with E-state index in [2.05, 4.69) is 22.0 Å². The van der Waals surface area contributed by atoms with Gasteiger partial charge < -0.3 is 19.9 Å². The highest BCUT2D eigenvalue weighted by atomic mass is 19.1. The van der Waals surface area contributed by atoms with Gasteiger partial charge in [-0.3, -0.25) is 4.79 Å². The molecule has 1 amide bonds. The van der Waals surface area contributed by atoms with Crippen LogP contribution in [0.3, 0.4) is 0 Å². The molecule has 6 nitrogen and oxygen atoms in total. The Kier molecular flexibility index (Phi) is 6.26. The van der Waals surface area contributed by atoms with Gasteiger partial charge in [0.2, 0.25) is 0 Å². The van der Waals surface area contributed by atoms with Crippen LogP contribution in [0.15, 0.2) is 42.5 Å². The minimum absolute atomic E-state index is 0.0484. The van der Waals surface area contributed by atoms with E-state index >= 15 is 0 Å². The first kappa shape index (κ1) is 19.8. The molecule has 2 aromatic rings. The average molecular weight is 385 g/mol. The van der Waals surface area contributed by atoms with Crippen LogP contribution >= 0.6 is 0 Å². The normalized spacial score (nSPS) is 14.6. The Morgan fingerprint density at radius 3 is 2.46 bits per heavy atom. The maximum Gasteiger partial charge on any atom is 0.337 e. The van der Waals surface area contributed by atoms with E-state index < -0.39 is 17.7 Å². The van der Waals surface area contributed by atoms with Crippen LogP contribution in [0.1, 0.15) is 27.6 Å². The standard InChI is InChI=1S/C21H24FN3O3/c1-3-24-10-12-25(13-11-24)19-9-8-15(21(27)28-2)14-18(19)23-20(26)16-6-4-5-7-17(16)22/h4-9,14H,3,10-13H2,1-2H3,(H,23,26). The number of esters is 1. The summed E-state index contributed by atoms with van der Waals surface area (Å²) in [6.45, 7) is 6.54. The Hall–Kier alpha value is -2.93. The van der Waals surface area contributed by atoms with Gasteiger partial charge in [0.05, 0.1) is 29.6 Å². The Labute approximate surface area is 163 Å². The molecule has 0 spiro atoms. The molecule has 1 heterocycles. The van der Waals surface area contributed by atoms with Crippen LogP contribution in [-0.2, 0) is 4.74 Å². The van der Waals surface area contributed by atoms with Crippen LogP contribution in [0, 0.1) is 5.82 Å². The minimum Gasteiger partial charge on any atom is -0.465 e. The number of amides is 1. The molecule has 28 heavy (non-hydrogen) atoms. The number of ether oxygens (including phenoxy) is 1. The molecule has 0 unspecified atom stereocenters. The van der Waals surface area contributed by atoms with E-state index in [1.54, 1.807) is 24.3 Å². The number of rotatable bonds is 5. The van der Waals surface area contributed by atoms with Crippen molar-refractivity contribution < 1.29 is 18.7 Å². The zero-order valence-corrected chi connectivity index (χ0v) is 16.1. The van der Waals surface area contributed by atoms with Crippen molar-refractivity contribution in [2.75, 3.05) is 50.1 Å². The lowest BCUT2D eigenvalue weighted by Crippen LogP contribution is -2.46. The van der Waals surface area contributed by atoms with Crippen molar-refractivity contribution in [2.24, 2.45) is 0 Å². The molecular weight excluding hydrogens is 361 g/mol. The molecule has 2 aromatic carbocycles. The summed E-state index contributed by atoms with van der Waals surface area (Å²) in [4.78, 5) is 29.1. The second-order valence-electron chi connectivity index (χ2n) is 6.58. The molecule has 0 radical (unpaired) electrons. The smallest absolute Gasteiger partial charge is 0.337 e. The van der Waals surface area contributed by atoms with Gasteiger partial charge in [0, 0.05) is 26.2 Å². The van der Waals surface area contributed by atoms with Crippen molar-refractivity contribution in [1.82, 2.24) is 4.90 Å². The number of benzene rings is 2. The lowest BCUT2D eigenvalue weighted by Gasteiger charge is -2.36. The van der Waals surface area contributed by atoms with E-state index in [-0.39, 0.29) is 5.56 Å². The van der Waals surface area contributed by atoms with Crippen LogP contribution in [0.5, 0.6) is 0 Å². The highest BCUT2D eigenvalue weighted by Gasteiger charge is 2.21. The Morgan fingerprint density at radius 2 is 1.82 bits per heavy atom. The molecule has 148 valence electrons. The second-order valence-corrected chi connectivity index (χ2v) is 6.58. The number of hydrogen-bond acceptors (Lipinski definition) is 5. The minimum atomic E-state index is -0.595. The number of hydrogen-bond donors (Lipinski definition) is 1. The van der Waals surface area contributed by atoms with Gasteiger partial charge in [-0.05, 0) is 36.9 Å². The molecule has 0 saturated carbocycles.